The van der Waals surface area contributed by atoms with Crippen LogP contribution in [0, 0.1) is 0 Å². The lowest BCUT2D eigenvalue weighted by Crippen LogP contribution is -2.46. The molecule has 0 bridgehead atoms. The van der Waals surface area contributed by atoms with Gasteiger partial charge < -0.3 is 25.6 Å². The fraction of sp³-hybridized carbons (Fsp3) is 0.560. The van der Waals surface area contributed by atoms with Crippen molar-refractivity contribution < 1.29 is 13.9 Å². The fourth-order valence-corrected chi connectivity index (χ4v) is 4.91. The Morgan fingerprint density at radius 1 is 1.22 bits per heavy atom. The number of alkyl halides is 1. The van der Waals surface area contributed by atoms with Gasteiger partial charge in [-0.05, 0) is 52.3 Å². The number of fused-ring (bicyclic) bond motifs is 1. The Kier molecular flexibility index (Phi) is 7.47. The number of nitrogens with one attached hydrogen (secondary N) is 3. The summed E-state index contributed by atoms with van der Waals surface area (Å²) in [5.74, 6) is 1.38. The van der Waals surface area contributed by atoms with E-state index >= 15 is 0 Å². The molecule has 0 spiro atoms. The molecular weight excluding hydrogens is 477 g/mol. The van der Waals surface area contributed by atoms with Gasteiger partial charge in [0.1, 0.15) is 17.8 Å². The van der Waals surface area contributed by atoms with E-state index in [-0.39, 0.29) is 24.5 Å². The number of hydrogen-bond acceptors (Lipinski definition) is 9. The molecule has 11 nitrogen and oxygen atoms in total. The highest BCUT2D eigenvalue weighted by atomic mass is 19.1. The van der Waals surface area contributed by atoms with Crippen LogP contribution in [0.15, 0.2) is 24.5 Å². The first kappa shape index (κ1) is 25.3. The molecule has 2 aliphatic heterocycles. The number of ether oxygens (including phenoxy) is 1. The number of amides is 1. The SMILES string of the molecule is CO[C@@H]1CCN(c2nccc(Nc3cc4c(cn3)c(C(=O)NC3CCNCC3)nn4C(C)C)n2)C[C@@H]1F. The molecule has 5 rings (SSSR count). The van der Waals surface area contributed by atoms with Gasteiger partial charge in [-0.25, -0.2) is 14.4 Å². The molecule has 37 heavy (non-hydrogen) atoms. The van der Waals surface area contributed by atoms with Crippen molar-refractivity contribution >= 4 is 34.4 Å². The van der Waals surface area contributed by atoms with Crippen LogP contribution in [0.1, 0.15) is 49.6 Å². The quantitative estimate of drug-likeness (QED) is 0.439. The molecule has 3 aromatic rings. The maximum atomic E-state index is 14.4. The van der Waals surface area contributed by atoms with Crippen molar-refractivity contribution in [2.24, 2.45) is 0 Å². The topological polar surface area (TPSA) is 122 Å². The highest BCUT2D eigenvalue weighted by Gasteiger charge is 2.30. The Morgan fingerprint density at radius 3 is 2.76 bits per heavy atom. The van der Waals surface area contributed by atoms with Crippen LogP contribution in [-0.4, -0.2) is 82.2 Å². The molecule has 0 aliphatic carbocycles. The van der Waals surface area contributed by atoms with Crippen molar-refractivity contribution in [1.29, 1.82) is 0 Å². The first-order chi connectivity index (χ1) is 17.9. The zero-order valence-electron chi connectivity index (χ0n) is 21.4. The van der Waals surface area contributed by atoms with Crippen LogP contribution in [-0.2, 0) is 4.74 Å². The average Bonchev–Trinajstić information content (AvgIpc) is 3.29. The second kappa shape index (κ2) is 10.9. The molecule has 2 saturated heterocycles. The minimum atomic E-state index is -1.10. The number of anilines is 3. The lowest BCUT2D eigenvalue weighted by Gasteiger charge is -2.33. The number of carbonyl (C=O) groups excluding carboxylic acids is 1. The van der Waals surface area contributed by atoms with Gasteiger partial charge in [0, 0.05) is 44.2 Å². The standard InChI is InChI=1S/C25H34FN9O2/c1-15(2)35-19-12-22(29-13-17(19)23(33-35)24(36)30-16-4-8-27-9-5-16)31-21-6-10-28-25(32-21)34-11-7-20(37-3)18(26)14-34/h6,10,12-13,15-16,18,20,27H,4-5,7-9,11,14H2,1-3H3,(H,30,36)(H,28,29,31,32)/t18-,20+/m0/s1. The molecular formula is C25H34FN9O2. The molecule has 2 atom stereocenters. The van der Waals surface area contributed by atoms with E-state index in [2.05, 4.69) is 36.0 Å². The van der Waals surface area contributed by atoms with Gasteiger partial charge in [-0.2, -0.15) is 10.1 Å². The molecule has 3 aromatic heterocycles. The average molecular weight is 512 g/mol. The summed E-state index contributed by atoms with van der Waals surface area (Å²) in [6, 6.07) is 3.80. The van der Waals surface area contributed by atoms with E-state index in [9.17, 15) is 9.18 Å². The van der Waals surface area contributed by atoms with Crippen LogP contribution in [0.3, 0.4) is 0 Å². The van der Waals surface area contributed by atoms with Gasteiger partial charge in [0.15, 0.2) is 5.69 Å². The van der Waals surface area contributed by atoms with E-state index in [1.54, 1.807) is 18.5 Å². The Balaban J connectivity index is 1.36. The Bertz CT molecular complexity index is 1240. The highest BCUT2D eigenvalue weighted by molar-refractivity contribution is 6.05. The molecule has 0 aromatic carbocycles. The summed E-state index contributed by atoms with van der Waals surface area (Å²) in [5, 5.41) is 15.0. The first-order valence-corrected chi connectivity index (χ1v) is 12.8. The predicted octanol–water partition coefficient (Wildman–Crippen LogP) is 2.59. The zero-order chi connectivity index (χ0) is 25.9. The number of hydrogen-bond donors (Lipinski definition) is 3. The van der Waals surface area contributed by atoms with Crippen molar-refractivity contribution in [1.82, 2.24) is 35.4 Å². The lowest BCUT2D eigenvalue weighted by atomic mass is 10.1. The van der Waals surface area contributed by atoms with Crippen LogP contribution < -0.4 is 20.9 Å². The number of pyridine rings is 1. The van der Waals surface area contributed by atoms with Crippen molar-refractivity contribution in [2.75, 3.05) is 43.5 Å². The molecule has 12 heteroatoms. The van der Waals surface area contributed by atoms with Gasteiger partial charge in [0.05, 0.1) is 23.6 Å². The third-order valence-electron chi connectivity index (χ3n) is 6.94. The number of nitrogens with zero attached hydrogens (tertiary/aromatic N) is 6. The largest absolute Gasteiger partial charge is 0.378 e. The lowest BCUT2D eigenvalue weighted by molar-refractivity contribution is 0.0194. The van der Waals surface area contributed by atoms with Crippen LogP contribution in [0.25, 0.3) is 10.9 Å². The van der Waals surface area contributed by atoms with E-state index in [1.165, 1.54) is 7.11 Å². The third-order valence-corrected chi connectivity index (χ3v) is 6.94. The Labute approximate surface area is 215 Å². The summed E-state index contributed by atoms with van der Waals surface area (Å²) >= 11 is 0. The van der Waals surface area contributed by atoms with E-state index in [4.69, 9.17) is 4.74 Å². The molecule has 0 unspecified atom stereocenters. The van der Waals surface area contributed by atoms with Crippen molar-refractivity contribution in [2.45, 2.75) is 57.5 Å². The maximum absolute atomic E-state index is 14.4. The normalized spacial score (nSPS) is 20.9. The zero-order valence-corrected chi connectivity index (χ0v) is 21.4. The van der Waals surface area contributed by atoms with Crippen molar-refractivity contribution in [3.05, 3.63) is 30.2 Å². The minimum absolute atomic E-state index is 0.0486. The number of rotatable bonds is 7. The smallest absolute Gasteiger partial charge is 0.272 e. The number of piperidine rings is 2. The number of methoxy groups -OCH3 is 1. The monoisotopic (exact) mass is 511 g/mol. The second-order valence-corrected chi connectivity index (χ2v) is 9.86. The summed E-state index contributed by atoms with van der Waals surface area (Å²) in [6.07, 6.45) is 4.19. The molecule has 1 amide bonds. The van der Waals surface area contributed by atoms with Crippen LogP contribution in [0.2, 0.25) is 0 Å². The van der Waals surface area contributed by atoms with Gasteiger partial charge in [-0.3, -0.25) is 9.48 Å². The molecule has 0 radical (unpaired) electrons. The van der Waals surface area contributed by atoms with Crippen LogP contribution in [0.5, 0.6) is 0 Å². The summed E-state index contributed by atoms with van der Waals surface area (Å²) in [7, 11) is 1.53. The summed E-state index contributed by atoms with van der Waals surface area (Å²) in [4.78, 5) is 28.3. The number of aromatic nitrogens is 5. The second-order valence-electron chi connectivity index (χ2n) is 9.86. The van der Waals surface area contributed by atoms with E-state index < -0.39 is 12.3 Å². The van der Waals surface area contributed by atoms with Gasteiger partial charge in [-0.1, -0.05) is 0 Å². The predicted molar refractivity (Wildman–Crippen MR) is 139 cm³/mol. The maximum Gasteiger partial charge on any atom is 0.272 e. The van der Waals surface area contributed by atoms with Crippen molar-refractivity contribution in [3.8, 4) is 0 Å². The van der Waals surface area contributed by atoms with Crippen LogP contribution >= 0.6 is 0 Å². The van der Waals surface area contributed by atoms with Gasteiger partial charge in [0.2, 0.25) is 5.95 Å². The van der Waals surface area contributed by atoms with E-state index in [0.717, 1.165) is 31.4 Å². The molecule has 3 N–H and O–H groups in total. The van der Waals surface area contributed by atoms with Gasteiger partial charge in [0.25, 0.3) is 5.91 Å². The van der Waals surface area contributed by atoms with Crippen molar-refractivity contribution in [3.63, 3.8) is 0 Å². The van der Waals surface area contributed by atoms with Gasteiger partial charge in [-0.15, -0.1) is 0 Å². The summed E-state index contributed by atoms with van der Waals surface area (Å²) in [5.41, 5.74) is 1.19. The van der Waals surface area contributed by atoms with Gasteiger partial charge >= 0.3 is 0 Å². The molecule has 198 valence electrons. The number of carbonyl (C=O) groups is 1. The van der Waals surface area contributed by atoms with Crippen LogP contribution in [0.4, 0.5) is 22.0 Å². The number of halogens is 1. The molecule has 5 heterocycles. The Morgan fingerprint density at radius 2 is 2.03 bits per heavy atom. The first-order valence-electron chi connectivity index (χ1n) is 12.8. The molecule has 2 fully saturated rings. The van der Waals surface area contributed by atoms with E-state index in [1.807, 2.05) is 29.5 Å². The third kappa shape index (κ3) is 5.49. The Hall–Kier alpha value is -3.38. The highest BCUT2D eigenvalue weighted by Crippen LogP contribution is 2.26. The minimum Gasteiger partial charge on any atom is -0.378 e. The fourth-order valence-electron chi connectivity index (χ4n) is 4.91. The molecule has 2 aliphatic rings. The summed E-state index contributed by atoms with van der Waals surface area (Å²) < 4.78 is 21.4. The summed E-state index contributed by atoms with van der Waals surface area (Å²) in [6.45, 7) is 6.64. The molecule has 0 saturated carbocycles. The van der Waals surface area contributed by atoms with E-state index in [0.29, 0.717) is 41.6 Å².